The molecule has 0 bridgehead atoms. The molecule has 6 heteroatoms. The fraction of sp³-hybridized carbons (Fsp3) is 0.300. The molecule has 2 aromatic carbocycles. The zero-order chi connectivity index (χ0) is 17.6. The van der Waals surface area contributed by atoms with Gasteiger partial charge >= 0.3 is 41.6 Å². The van der Waals surface area contributed by atoms with Crippen LogP contribution in [0.5, 0.6) is 0 Å². The SMILES string of the molecule is O=C(O)c1ccccc1NC(=O)N1CCC(Cc2ccccc2)CC1.[NaH]. The van der Waals surface area contributed by atoms with Crippen molar-refractivity contribution in [3.05, 3.63) is 65.7 Å². The number of hydrogen-bond donors (Lipinski definition) is 2. The number of benzene rings is 2. The summed E-state index contributed by atoms with van der Waals surface area (Å²) in [6.45, 7) is 1.39. The van der Waals surface area contributed by atoms with E-state index in [4.69, 9.17) is 0 Å². The summed E-state index contributed by atoms with van der Waals surface area (Å²) in [5, 5.41) is 11.9. The van der Waals surface area contributed by atoms with Crippen LogP contribution >= 0.6 is 0 Å². The molecule has 0 radical (unpaired) electrons. The standard InChI is InChI=1S/C20H22N2O3.Na.H/c23-19(24)17-8-4-5-9-18(17)21-20(25)22-12-10-16(11-13-22)14-15-6-2-1-3-7-15;;/h1-9,16H,10-14H2,(H,21,25)(H,23,24);;. The molecule has 26 heavy (non-hydrogen) atoms. The first-order valence-corrected chi connectivity index (χ1v) is 8.55. The van der Waals surface area contributed by atoms with Crippen LogP contribution in [0.3, 0.4) is 0 Å². The number of carbonyl (C=O) groups is 2. The molecular weight excluding hydrogens is 339 g/mol. The normalized spacial score (nSPS) is 14.4. The Kier molecular flexibility index (Phi) is 7.69. The van der Waals surface area contributed by atoms with Gasteiger partial charge in [0.15, 0.2) is 0 Å². The molecule has 0 saturated carbocycles. The molecular formula is C20H23N2NaO3. The number of para-hydroxylation sites is 1. The summed E-state index contributed by atoms with van der Waals surface area (Å²) in [6, 6.07) is 16.6. The van der Waals surface area contributed by atoms with E-state index < -0.39 is 5.97 Å². The van der Waals surface area contributed by atoms with Crippen LogP contribution in [0.1, 0.15) is 28.8 Å². The number of aromatic carboxylic acids is 1. The average molecular weight is 362 g/mol. The molecule has 0 unspecified atom stereocenters. The van der Waals surface area contributed by atoms with Crippen LogP contribution in [0.25, 0.3) is 0 Å². The molecule has 1 heterocycles. The molecule has 0 atom stereocenters. The maximum atomic E-state index is 12.4. The Morgan fingerprint density at radius 2 is 1.62 bits per heavy atom. The van der Waals surface area contributed by atoms with Gasteiger partial charge in [0.1, 0.15) is 0 Å². The number of carbonyl (C=O) groups excluding carboxylic acids is 1. The predicted molar refractivity (Wildman–Crippen MR) is 104 cm³/mol. The molecule has 1 aliphatic rings. The quantitative estimate of drug-likeness (QED) is 0.821. The summed E-state index contributed by atoms with van der Waals surface area (Å²) in [5.74, 6) is -0.463. The fourth-order valence-electron chi connectivity index (χ4n) is 3.26. The first-order chi connectivity index (χ1) is 12.1. The molecule has 1 fully saturated rings. The van der Waals surface area contributed by atoms with E-state index in [0.717, 1.165) is 19.3 Å². The van der Waals surface area contributed by atoms with E-state index in [1.807, 2.05) is 6.07 Å². The molecule has 2 aromatic rings. The maximum absolute atomic E-state index is 12.4. The van der Waals surface area contributed by atoms with Crippen molar-refractivity contribution in [3.63, 3.8) is 0 Å². The Morgan fingerprint density at radius 3 is 2.27 bits per heavy atom. The Bertz CT molecular complexity index is 744. The van der Waals surface area contributed by atoms with Gasteiger partial charge in [-0.25, -0.2) is 9.59 Å². The molecule has 0 aromatic heterocycles. The van der Waals surface area contributed by atoms with Crippen molar-refractivity contribution in [2.24, 2.45) is 5.92 Å². The van der Waals surface area contributed by atoms with Gasteiger partial charge in [0.25, 0.3) is 0 Å². The van der Waals surface area contributed by atoms with Crippen molar-refractivity contribution in [2.45, 2.75) is 19.3 Å². The number of urea groups is 1. The molecule has 0 spiro atoms. The predicted octanol–water partition coefficient (Wildman–Crippen LogP) is 3.22. The van der Waals surface area contributed by atoms with Crippen LogP contribution in [0.4, 0.5) is 10.5 Å². The van der Waals surface area contributed by atoms with Crippen LogP contribution in [0.2, 0.25) is 0 Å². The number of carboxylic acid groups (broad SMARTS) is 1. The molecule has 0 aliphatic carbocycles. The first kappa shape index (κ1) is 20.5. The monoisotopic (exact) mass is 362 g/mol. The molecule has 1 saturated heterocycles. The second-order valence-corrected chi connectivity index (χ2v) is 6.40. The van der Waals surface area contributed by atoms with Gasteiger partial charge in [0, 0.05) is 13.1 Å². The van der Waals surface area contributed by atoms with Gasteiger partial charge in [-0.1, -0.05) is 42.5 Å². The van der Waals surface area contributed by atoms with E-state index in [0.29, 0.717) is 24.7 Å². The van der Waals surface area contributed by atoms with E-state index in [1.165, 1.54) is 11.6 Å². The number of carboxylic acids is 1. The van der Waals surface area contributed by atoms with Crippen LogP contribution in [-0.4, -0.2) is 64.7 Å². The average Bonchev–Trinajstić information content (AvgIpc) is 2.63. The third kappa shape index (κ3) is 5.34. The van der Waals surface area contributed by atoms with Crippen LogP contribution in [0, 0.1) is 5.92 Å². The Hall–Kier alpha value is -1.82. The van der Waals surface area contributed by atoms with Crippen LogP contribution in [-0.2, 0) is 6.42 Å². The van der Waals surface area contributed by atoms with Gasteiger partial charge in [0.2, 0.25) is 0 Å². The van der Waals surface area contributed by atoms with Gasteiger partial charge in [-0.15, -0.1) is 0 Å². The second-order valence-electron chi connectivity index (χ2n) is 6.40. The number of nitrogens with zero attached hydrogens (tertiary/aromatic N) is 1. The molecule has 132 valence electrons. The Labute approximate surface area is 175 Å². The Morgan fingerprint density at radius 1 is 1.00 bits per heavy atom. The third-order valence-electron chi connectivity index (χ3n) is 4.67. The van der Waals surface area contributed by atoms with E-state index >= 15 is 0 Å². The number of nitrogens with one attached hydrogen (secondary N) is 1. The molecule has 2 N–H and O–H groups in total. The second kappa shape index (κ2) is 9.76. The summed E-state index contributed by atoms with van der Waals surface area (Å²) < 4.78 is 0. The van der Waals surface area contributed by atoms with Crippen molar-refractivity contribution in [3.8, 4) is 0 Å². The summed E-state index contributed by atoms with van der Waals surface area (Å²) in [6.07, 6.45) is 2.96. The molecule has 5 nitrogen and oxygen atoms in total. The van der Waals surface area contributed by atoms with Crippen molar-refractivity contribution < 1.29 is 14.7 Å². The molecule has 1 aliphatic heterocycles. The van der Waals surface area contributed by atoms with E-state index in [-0.39, 0.29) is 41.2 Å². The van der Waals surface area contributed by atoms with Crippen LogP contribution < -0.4 is 5.32 Å². The molecule has 3 rings (SSSR count). The minimum atomic E-state index is -1.04. The van der Waals surface area contributed by atoms with E-state index in [2.05, 4.69) is 29.6 Å². The summed E-state index contributed by atoms with van der Waals surface area (Å²) >= 11 is 0. The van der Waals surface area contributed by atoms with Crippen LogP contribution in [0.15, 0.2) is 54.6 Å². The number of piperidine rings is 1. The number of amides is 2. The van der Waals surface area contributed by atoms with Gasteiger partial charge in [-0.05, 0) is 42.9 Å². The Balaban J connectivity index is 0.00000243. The minimum absolute atomic E-state index is 0. The van der Waals surface area contributed by atoms with Gasteiger partial charge < -0.3 is 15.3 Å². The van der Waals surface area contributed by atoms with Gasteiger partial charge in [0.05, 0.1) is 11.3 Å². The third-order valence-corrected chi connectivity index (χ3v) is 4.67. The summed E-state index contributed by atoms with van der Waals surface area (Å²) in [5.41, 5.74) is 1.78. The van der Waals surface area contributed by atoms with Crippen molar-refractivity contribution in [1.82, 2.24) is 4.90 Å². The van der Waals surface area contributed by atoms with Crippen molar-refractivity contribution in [2.75, 3.05) is 18.4 Å². The fourth-order valence-corrected chi connectivity index (χ4v) is 3.26. The zero-order valence-corrected chi connectivity index (χ0v) is 14.0. The number of likely N-dealkylation sites (tertiary alicyclic amines) is 1. The molecule has 2 amide bonds. The van der Waals surface area contributed by atoms with Gasteiger partial charge in [-0.2, -0.15) is 0 Å². The summed E-state index contributed by atoms with van der Waals surface area (Å²) in [4.78, 5) is 25.4. The van der Waals surface area contributed by atoms with Crippen molar-refractivity contribution in [1.29, 1.82) is 0 Å². The number of anilines is 1. The van der Waals surface area contributed by atoms with E-state index in [1.54, 1.807) is 23.1 Å². The first-order valence-electron chi connectivity index (χ1n) is 8.55. The van der Waals surface area contributed by atoms with Crippen molar-refractivity contribution >= 4 is 47.2 Å². The number of hydrogen-bond acceptors (Lipinski definition) is 2. The van der Waals surface area contributed by atoms with E-state index in [9.17, 15) is 14.7 Å². The zero-order valence-electron chi connectivity index (χ0n) is 14.0. The number of rotatable bonds is 4. The topological polar surface area (TPSA) is 69.6 Å². The summed E-state index contributed by atoms with van der Waals surface area (Å²) in [7, 11) is 0. The van der Waals surface area contributed by atoms with Gasteiger partial charge in [-0.3, -0.25) is 0 Å².